The van der Waals surface area contributed by atoms with E-state index >= 15 is 0 Å². The number of hydrogen-bond donors (Lipinski definition) is 1. The van der Waals surface area contributed by atoms with Crippen LogP contribution in [0, 0.1) is 5.82 Å². The van der Waals surface area contributed by atoms with E-state index in [4.69, 9.17) is 0 Å². The third kappa shape index (κ3) is 5.89. The highest BCUT2D eigenvalue weighted by atomic mass is 32.2. The number of nitrogens with zero attached hydrogens (tertiary/aromatic N) is 1. The summed E-state index contributed by atoms with van der Waals surface area (Å²) >= 11 is 0. The fourth-order valence-corrected chi connectivity index (χ4v) is 3.99. The molecule has 0 atom stereocenters. The second-order valence-corrected chi connectivity index (χ2v) is 9.18. The molecule has 2 aromatic carbocycles. The molecule has 0 aliphatic heterocycles. The van der Waals surface area contributed by atoms with Crippen LogP contribution in [0.1, 0.15) is 5.56 Å². The molecule has 0 aliphatic rings. The molecule has 0 saturated carbocycles. The molecular weight excluding hydrogens is 367 g/mol. The van der Waals surface area contributed by atoms with Gasteiger partial charge in [-0.2, -0.15) is 4.31 Å². The number of hydrogen-bond acceptors (Lipinski definition) is 4. The molecule has 0 bridgehead atoms. The van der Waals surface area contributed by atoms with Crippen molar-refractivity contribution in [3.05, 3.63) is 66.0 Å². The largest absolute Gasteiger partial charge is 0.240 e. The average Bonchev–Trinajstić information content (AvgIpc) is 2.55. The van der Waals surface area contributed by atoms with Crippen LogP contribution < -0.4 is 4.72 Å². The van der Waals surface area contributed by atoms with Gasteiger partial charge in [0.1, 0.15) is 5.82 Å². The van der Waals surface area contributed by atoms with Gasteiger partial charge in [0.15, 0.2) is 0 Å². The van der Waals surface area contributed by atoms with Crippen molar-refractivity contribution in [2.24, 2.45) is 0 Å². The fourth-order valence-electron chi connectivity index (χ4n) is 2.14. The smallest absolute Gasteiger partial charge is 0.212 e. The standard InChI is InChI=1S/C16H19FN2O4S2/c1-24(20,21)19(13-14-7-9-15(17)10-8-14)12-11-18-25(22,23)16-5-3-2-4-6-16/h2-10,18H,11-13H2,1H3. The Balaban J connectivity index is 2.02. The maximum absolute atomic E-state index is 12.9. The molecule has 0 saturated heterocycles. The van der Waals surface area contributed by atoms with E-state index in [0.29, 0.717) is 5.56 Å². The van der Waals surface area contributed by atoms with Crippen LogP contribution in [-0.4, -0.2) is 40.5 Å². The summed E-state index contributed by atoms with van der Waals surface area (Å²) < 4.78 is 64.5. The molecule has 0 aromatic heterocycles. The summed E-state index contributed by atoms with van der Waals surface area (Å²) in [4.78, 5) is 0.111. The van der Waals surface area contributed by atoms with E-state index in [-0.39, 0.29) is 24.5 Å². The molecule has 136 valence electrons. The molecular formula is C16H19FN2O4S2. The van der Waals surface area contributed by atoms with Crippen LogP contribution in [0.5, 0.6) is 0 Å². The van der Waals surface area contributed by atoms with E-state index in [1.54, 1.807) is 18.2 Å². The second-order valence-electron chi connectivity index (χ2n) is 5.43. The zero-order chi connectivity index (χ0) is 18.5. The first-order valence-electron chi connectivity index (χ1n) is 7.43. The summed E-state index contributed by atoms with van der Waals surface area (Å²) in [5.41, 5.74) is 0.609. The first-order valence-corrected chi connectivity index (χ1v) is 10.8. The molecule has 6 nitrogen and oxygen atoms in total. The summed E-state index contributed by atoms with van der Waals surface area (Å²) in [6, 6.07) is 13.3. The van der Waals surface area contributed by atoms with Crippen molar-refractivity contribution in [3.8, 4) is 0 Å². The first-order chi connectivity index (χ1) is 11.7. The van der Waals surface area contributed by atoms with Crippen LogP contribution in [0.3, 0.4) is 0 Å². The number of halogens is 1. The lowest BCUT2D eigenvalue weighted by Crippen LogP contribution is -2.37. The van der Waals surface area contributed by atoms with Gasteiger partial charge in [0.05, 0.1) is 11.2 Å². The summed E-state index contributed by atoms with van der Waals surface area (Å²) in [5.74, 6) is -0.412. The van der Waals surface area contributed by atoms with Crippen molar-refractivity contribution in [3.63, 3.8) is 0 Å². The maximum Gasteiger partial charge on any atom is 0.240 e. The van der Waals surface area contributed by atoms with Crippen molar-refractivity contribution >= 4 is 20.0 Å². The van der Waals surface area contributed by atoms with Crippen LogP contribution in [0.15, 0.2) is 59.5 Å². The van der Waals surface area contributed by atoms with Crippen molar-refractivity contribution in [1.82, 2.24) is 9.03 Å². The molecule has 0 radical (unpaired) electrons. The molecule has 2 rings (SSSR count). The number of rotatable bonds is 8. The van der Waals surface area contributed by atoms with Crippen molar-refractivity contribution in [2.75, 3.05) is 19.3 Å². The molecule has 0 aliphatic carbocycles. The monoisotopic (exact) mass is 386 g/mol. The highest BCUT2D eigenvalue weighted by molar-refractivity contribution is 7.89. The molecule has 0 unspecified atom stereocenters. The van der Waals surface area contributed by atoms with Gasteiger partial charge in [-0.15, -0.1) is 0 Å². The second kappa shape index (κ2) is 8.05. The Morgan fingerprint density at radius 3 is 2.12 bits per heavy atom. The number of nitrogens with one attached hydrogen (secondary N) is 1. The lowest BCUT2D eigenvalue weighted by Gasteiger charge is -2.20. The number of benzene rings is 2. The van der Waals surface area contributed by atoms with Gasteiger partial charge in [-0.3, -0.25) is 0 Å². The topological polar surface area (TPSA) is 83.6 Å². The minimum absolute atomic E-state index is 0.0339. The van der Waals surface area contributed by atoms with Crippen LogP contribution >= 0.6 is 0 Å². The van der Waals surface area contributed by atoms with E-state index < -0.39 is 25.9 Å². The zero-order valence-corrected chi connectivity index (χ0v) is 15.2. The third-order valence-corrected chi connectivity index (χ3v) is 6.17. The predicted molar refractivity (Wildman–Crippen MR) is 93.3 cm³/mol. The minimum Gasteiger partial charge on any atom is -0.212 e. The highest BCUT2D eigenvalue weighted by Crippen LogP contribution is 2.10. The maximum atomic E-state index is 12.9. The molecule has 1 N–H and O–H groups in total. The Morgan fingerprint density at radius 2 is 1.56 bits per heavy atom. The molecule has 2 aromatic rings. The van der Waals surface area contributed by atoms with Gasteiger partial charge in [0, 0.05) is 19.6 Å². The Morgan fingerprint density at radius 1 is 0.960 bits per heavy atom. The Hall–Kier alpha value is -1.81. The van der Waals surface area contributed by atoms with Crippen LogP contribution in [0.2, 0.25) is 0 Å². The summed E-state index contributed by atoms with van der Waals surface area (Å²) in [6.07, 6.45) is 1.04. The Bertz CT molecular complexity index is 899. The summed E-state index contributed by atoms with van der Waals surface area (Å²) in [7, 11) is -7.25. The van der Waals surface area contributed by atoms with Gasteiger partial charge in [0.2, 0.25) is 20.0 Å². The SMILES string of the molecule is CS(=O)(=O)N(CCNS(=O)(=O)c1ccccc1)Cc1ccc(F)cc1. The summed E-state index contributed by atoms with van der Waals surface area (Å²) in [6.45, 7) is -0.0834. The van der Waals surface area contributed by atoms with E-state index in [9.17, 15) is 21.2 Å². The van der Waals surface area contributed by atoms with Gasteiger partial charge >= 0.3 is 0 Å². The van der Waals surface area contributed by atoms with Gasteiger partial charge in [0.25, 0.3) is 0 Å². The van der Waals surface area contributed by atoms with Gasteiger partial charge in [-0.05, 0) is 29.8 Å². The normalized spacial score (nSPS) is 12.4. The van der Waals surface area contributed by atoms with Crippen molar-refractivity contribution in [2.45, 2.75) is 11.4 Å². The molecule has 0 fully saturated rings. The third-order valence-electron chi connectivity index (χ3n) is 3.45. The van der Waals surface area contributed by atoms with Crippen LogP contribution in [-0.2, 0) is 26.6 Å². The van der Waals surface area contributed by atoms with E-state index in [2.05, 4.69) is 4.72 Å². The lowest BCUT2D eigenvalue weighted by molar-refractivity contribution is 0.412. The quantitative estimate of drug-likeness (QED) is 0.746. The van der Waals surface area contributed by atoms with Gasteiger partial charge in [-0.1, -0.05) is 30.3 Å². The molecule has 0 heterocycles. The van der Waals surface area contributed by atoms with E-state index in [0.717, 1.165) is 10.6 Å². The average molecular weight is 386 g/mol. The van der Waals surface area contributed by atoms with Crippen molar-refractivity contribution in [1.29, 1.82) is 0 Å². The lowest BCUT2D eigenvalue weighted by atomic mass is 10.2. The highest BCUT2D eigenvalue weighted by Gasteiger charge is 2.19. The van der Waals surface area contributed by atoms with Crippen LogP contribution in [0.4, 0.5) is 4.39 Å². The predicted octanol–water partition coefficient (Wildman–Crippen LogP) is 1.57. The Kier molecular flexibility index (Phi) is 6.28. The van der Waals surface area contributed by atoms with Crippen molar-refractivity contribution < 1.29 is 21.2 Å². The molecule has 25 heavy (non-hydrogen) atoms. The van der Waals surface area contributed by atoms with Crippen LogP contribution in [0.25, 0.3) is 0 Å². The molecule has 0 spiro atoms. The zero-order valence-electron chi connectivity index (χ0n) is 13.6. The van der Waals surface area contributed by atoms with Gasteiger partial charge < -0.3 is 0 Å². The minimum atomic E-state index is -3.70. The van der Waals surface area contributed by atoms with Gasteiger partial charge in [-0.25, -0.2) is 25.9 Å². The molecule has 9 heteroatoms. The number of sulfonamides is 2. The molecule has 0 amide bonds. The first kappa shape index (κ1) is 19.5. The Labute approximate surface area is 147 Å². The van der Waals surface area contributed by atoms with E-state index in [1.165, 1.54) is 36.4 Å². The summed E-state index contributed by atoms with van der Waals surface area (Å²) in [5, 5.41) is 0. The van der Waals surface area contributed by atoms with E-state index in [1.807, 2.05) is 0 Å². The fraction of sp³-hybridized carbons (Fsp3) is 0.250.